The fourth-order valence-electron chi connectivity index (χ4n) is 1.26. The summed E-state index contributed by atoms with van der Waals surface area (Å²) >= 11 is 0. The van der Waals surface area contributed by atoms with Crippen LogP contribution in [0.1, 0.15) is 12.8 Å². The molecule has 0 saturated heterocycles. The average molecular weight is 229 g/mol. The van der Waals surface area contributed by atoms with Crippen LogP contribution >= 0.6 is 0 Å². The van der Waals surface area contributed by atoms with Gasteiger partial charge >= 0.3 is 10.2 Å². The Bertz CT molecular complexity index is 603. The third kappa shape index (κ3) is 1.85. The van der Waals surface area contributed by atoms with Gasteiger partial charge in [-0.15, -0.1) is 3.89 Å². The number of fused-ring (bicyclic) bond motifs is 1. The van der Waals surface area contributed by atoms with Gasteiger partial charge in [-0.3, -0.25) is 0 Å². The summed E-state index contributed by atoms with van der Waals surface area (Å²) in [6, 6.07) is 3.71. The summed E-state index contributed by atoms with van der Waals surface area (Å²) in [7, 11) is -4.67. The maximum Gasteiger partial charge on any atom is 0.332 e. The third-order valence-corrected chi connectivity index (χ3v) is 2.80. The second-order valence-corrected chi connectivity index (χ2v) is 4.38. The number of aryl methyl sites for hydroxylation is 1. The summed E-state index contributed by atoms with van der Waals surface area (Å²) in [6.45, 7) is 1.86. The van der Waals surface area contributed by atoms with E-state index in [9.17, 15) is 12.3 Å². The Morgan fingerprint density at radius 3 is 2.80 bits per heavy atom. The van der Waals surface area contributed by atoms with Crippen molar-refractivity contribution in [2.45, 2.75) is 18.2 Å². The SMILES string of the molecule is CCc1nc2cc(S(=O)(=O)F)ccc2o1. The largest absolute Gasteiger partial charge is 0.441 e. The van der Waals surface area contributed by atoms with Crippen LogP contribution in [0.4, 0.5) is 3.89 Å². The first-order chi connectivity index (χ1) is 7.00. The monoisotopic (exact) mass is 229 g/mol. The zero-order chi connectivity index (χ0) is 11.1. The van der Waals surface area contributed by atoms with Gasteiger partial charge in [0.25, 0.3) is 0 Å². The molecule has 0 fully saturated rings. The molecule has 0 amide bonds. The van der Waals surface area contributed by atoms with Gasteiger partial charge in [-0.25, -0.2) is 4.98 Å². The summed E-state index contributed by atoms with van der Waals surface area (Å²) in [5.74, 6) is 0.499. The van der Waals surface area contributed by atoms with Crippen LogP contribution < -0.4 is 0 Å². The molecule has 1 aromatic carbocycles. The van der Waals surface area contributed by atoms with Crippen LogP contribution in [0.15, 0.2) is 27.5 Å². The van der Waals surface area contributed by atoms with E-state index < -0.39 is 15.1 Å². The minimum absolute atomic E-state index is 0.352. The molecular weight excluding hydrogens is 221 g/mol. The van der Waals surface area contributed by atoms with E-state index in [0.717, 1.165) is 12.1 Å². The highest BCUT2D eigenvalue weighted by atomic mass is 32.3. The summed E-state index contributed by atoms with van der Waals surface area (Å²) in [4.78, 5) is 3.61. The lowest BCUT2D eigenvalue weighted by Crippen LogP contribution is -1.90. The van der Waals surface area contributed by atoms with E-state index in [1.165, 1.54) is 6.07 Å². The first-order valence-electron chi connectivity index (χ1n) is 4.35. The fourth-order valence-corrected chi connectivity index (χ4v) is 1.74. The lowest BCUT2D eigenvalue weighted by molar-refractivity contribution is 0.538. The van der Waals surface area contributed by atoms with Crippen molar-refractivity contribution in [3.05, 3.63) is 24.1 Å². The highest BCUT2D eigenvalue weighted by Gasteiger charge is 2.14. The zero-order valence-corrected chi connectivity index (χ0v) is 8.71. The lowest BCUT2D eigenvalue weighted by Gasteiger charge is -1.92. The Balaban J connectivity index is 2.66. The molecular formula is C9H8FNO3S. The summed E-state index contributed by atoms with van der Waals surface area (Å²) in [6.07, 6.45) is 0.604. The number of aromatic nitrogens is 1. The van der Waals surface area contributed by atoms with Crippen LogP contribution in [-0.4, -0.2) is 13.4 Å². The molecule has 1 heterocycles. The second-order valence-electron chi connectivity index (χ2n) is 3.03. The Kier molecular flexibility index (Phi) is 2.22. The van der Waals surface area contributed by atoms with Crippen LogP contribution in [0, 0.1) is 0 Å². The molecule has 15 heavy (non-hydrogen) atoms. The smallest absolute Gasteiger partial charge is 0.332 e. The standard InChI is InChI=1S/C9H8FNO3S/c1-2-9-11-7-5-6(15(10,12)13)3-4-8(7)14-9/h3-5H,2H2,1H3. The molecule has 0 N–H and O–H groups in total. The van der Waals surface area contributed by atoms with Gasteiger partial charge in [0.05, 0.1) is 0 Å². The average Bonchev–Trinajstić information content (AvgIpc) is 2.57. The van der Waals surface area contributed by atoms with Gasteiger partial charge in [0.1, 0.15) is 10.4 Å². The van der Waals surface area contributed by atoms with Crippen LogP contribution in [0.2, 0.25) is 0 Å². The molecule has 0 aliphatic rings. The van der Waals surface area contributed by atoms with E-state index in [1.54, 1.807) is 0 Å². The molecule has 0 aliphatic carbocycles. The number of halogens is 1. The predicted octanol–water partition coefficient (Wildman–Crippen LogP) is 2.05. The van der Waals surface area contributed by atoms with Crippen molar-refractivity contribution in [1.29, 1.82) is 0 Å². The van der Waals surface area contributed by atoms with Crippen LogP contribution in [-0.2, 0) is 16.6 Å². The van der Waals surface area contributed by atoms with Crippen LogP contribution in [0.3, 0.4) is 0 Å². The summed E-state index contributed by atoms with van der Waals surface area (Å²) < 4.78 is 39.2. The van der Waals surface area contributed by atoms with Crippen molar-refractivity contribution in [3.8, 4) is 0 Å². The molecule has 2 rings (SSSR count). The zero-order valence-electron chi connectivity index (χ0n) is 7.90. The first kappa shape index (κ1) is 10.1. The molecule has 0 spiro atoms. The molecule has 0 aliphatic heterocycles. The van der Waals surface area contributed by atoms with E-state index in [2.05, 4.69) is 4.98 Å². The van der Waals surface area contributed by atoms with Crippen LogP contribution in [0.5, 0.6) is 0 Å². The Labute approximate surface area is 85.9 Å². The first-order valence-corrected chi connectivity index (χ1v) is 5.73. The van der Waals surface area contributed by atoms with Gasteiger partial charge in [-0.1, -0.05) is 6.92 Å². The molecule has 80 valence electrons. The number of oxazole rings is 1. The highest BCUT2D eigenvalue weighted by Crippen LogP contribution is 2.21. The minimum Gasteiger partial charge on any atom is -0.441 e. The van der Waals surface area contributed by atoms with E-state index in [1.807, 2.05) is 6.92 Å². The number of hydrogen-bond acceptors (Lipinski definition) is 4. The Morgan fingerprint density at radius 2 is 2.20 bits per heavy atom. The lowest BCUT2D eigenvalue weighted by atomic mass is 10.3. The van der Waals surface area contributed by atoms with Crippen molar-refractivity contribution in [2.24, 2.45) is 0 Å². The van der Waals surface area contributed by atoms with Gasteiger partial charge in [0.15, 0.2) is 11.5 Å². The third-order valence-electron chi connectivity index (χ3n) is 1.99. The number of rotatable bonds is 2. The van der Waals surface area contributed by atoms with Gasteiger partial charge < -0.3 is 4.42 Å². The molecule has 0 saturated carbocycles. The summed E-state index contributed by atoms with van der Waals surface area (Å²) in [5, 5.41) is 0. The molecule has 6 heteroatoms. The van der Waals surface area contributed by atoms with E-state index in [4.69, 9.17) is 4.42 Å². The quantitative estimate of drug-likeness (QED) is 0.739. The molecule has 0 atom stereocenters. The van der Waals surface area contributed by atoms with Gasteiger partial charge in [-0.05, 0) is 18.2 Å². The van der Waals surface area contributed by atoms with Crippen molar-refractivity contribution in [1.82, 2.24) is 4.98 Å². The molecule has 4 nitrogen and oxygen atoms in total. The summed E-state index contributed by atoms with van der Waals surface area (Å²) in [5.41, 5.74) is 0.810. The second kappa shape index (κ2) is 3.30. The maximum atomic E-state index is 12.7. The van der Waals surface area contributed by atoms with E-state index in [-0.39, 0.29) is 0 Å². The molecule has 2 aromatic rings. The van der Waals surface area contributed by atoms with Gasteiger partial charge in [0, 0.05) is 6.42 Å². The van der Waals surface area contributed by atoms with Crippen molar-refractivity contribution >= 4 is 21.3 Å². The van der Waals surface area contributed by atoms with Crippen LogP contribution in [0.25, 0.3) is 11.1 Å². The maximum absolute atomic E-state index is 12.7. The fraction of sp³-hybridized carbons (Fsp3) is 0.222. The molecule has 0 bridgehead atoms. The number of nitrogens with zero attached hydrogens (tertiary/aromatic N) is 1. The van der Waals surface area contributed by atoms with Gasteiger partial charge in [-0.2, -0.15) is 8.42 Å². The van der Waals surface area contributed by atoms with Crippen molar-refractivity contribution in [2.75, 3.05) is 0 Å². The molecule has 0 radical (unpaired) electrons. The molecule has 1 aromatic heterocycles. The highest BCUT2D eigenvalue weighted by molar-refractivity contribution is 7.86. The normalized spacial score (nSPS) is 12.1. The van der Waals surface area contributed by atoms with Crippen molar-refractivity contribution < 1.29 is 16.7 Å². The number of hydrogen-bond donors (Lipinski definition) is 0. The Hall–Kier alpha value is -1.43. The van der Waals surface area contributed by atoms with E-state index >= 15 is 0 Å². The minimum atomic E-state index is -4.67. The predicted molar refractivity (Wildman–Crippen MR) is 51.7 cm³/mol. The van der Waals surface area contributed by atoms with Crippen molar-refractivity contribution in [3.63, 3.8) is 0 Å². The number of benzene rings is 1. The topological polar surface area (TPSA) is 60.2 Å². The van der Waals surface area contributed by atoms with E-state index in [0.29, 0.717) is 23.4 Å². The Morgan fingerprint density at radius 1 is 1.47 bits per heavy atom. The molecule has 0 unspecified atom stereocenters. The van der Waals surface area contributed by atoms with Gasteiger partial charge in [0.2, 0.25) is 0 Å².